The van der Waals surface area contributed by atoms with Gasteiger partial charge in [0.2, 0.25) is 0 Å². The van der Waals surface area contributed by atoms with Crippen LogP contribution < -0.4 is 16.5 Å². The molecule has 1 fully saturated rings. The van der Waals surface area contributed by atoms with Crippen molar-refractivity contribution >= 4 is 107 Å². The number of β-lactam (4-membered cyclic amide) rings is 1. The average molecular weight is 628 g/mol. The second kappa shape index (κ2) is 10.7. The third-order valence-electron chi connectivity index (χ3n) is 5.39. The van der Waals surface area contributed by atoms with E-state index in [-0.39, 0.29) is 32.0 Å². The van der Waals surface area contributed by atoms with Crippen LogP contribution in [0, 0.1) is 0 Å². The number of halogens is 1. The smallest absolute Gasteiger partial charge is 0.352 e. The molecule has 2 unspecified atom stereocenters. The summed E-state index contributed by atoms with van der Waals surface area (Å²) < 4.78 is 2.37. The zero-order valence-electron chi connectivity index (χ0n) is 18.6. The molecule has 5 heterocycles. The maximum absolute atomic E-state index is 12.9. The summed E-state index contributed by atoms with van der Waals surface area (Å²) in [6.07, 6.45) is 1.61. The maximum Gasteiger partial charge on any atom is 0.352 e. The number of allylic oxidation sites excluding steroid dienone is 1. The van der Waals surface area contributed by atoms with E-state index >= 15 is 0 Å². The van der Waals surface area contributed by atoms with Crippen molar-refractivity contribution in [2.75, 3.05) is 11.5 Å². The normalized spacial score (nSPS) is 19.7. The van der Waals surface area contributed by atoms with Crippen LogP contribution >= 0.6 is 69.1 Å². The van der Waals surface area contributed by atoms with Crippen LogP contribution in [0.1, 0.15) is 5.69 Å². The number of aliphatic carboxylic acids is 1. The highest BCUT2D eigenvalue weighted by Gasteiger charge is 2.54. The minimum absolute atomic E-state index is 0.0342. The molecule has 2 aliphatic rings. The molecule has 3 aromatic heterocycles. The Morgan fingerprint density at radius 3 is 2.82 bits per heavy atom. The molecule has 0 aromatic carbocycles. The lowest BCUT2D eigenvalue weighted by Gasteiger charge is -2.49. The number of carboxylic acids is 1. The summed E-state index contributed by atoms with van der Waals surface area (Å²) in [4.78, 5) is 55.0. The number of hydrogen-bond acceptors (Lipinski definition) is 13. The molecule has 0 saturated carbocycles. The summed E-state index contributed by atoms with van der Waals surface area (Å²) in [7, 11) is 0. The lowest BCUT2D eigenvalue weighted by atomic mass is 10.0. The van der Waals surface area contributed by atoms with Gasteiger partial charge in [-0.1, -0.05) is 39.9 Å². The van der Waals surface area contributed by atoms with Gasteiger partial charge < -0.3 is 21.4 Å². The zero-order chi connectivity index (χ0) is 27.1. The molecule has 196 valence electrons. The quantitative estimate of drug-likeness (QED) is 0.100. The highest BCUT2D eigenvalue weighted by Crippen LogP contribution is 2.41. The van der Waals surface area contributed by atoms with Crippen LogP contribution in [0.15, 0.2) is 54.4 Å². The highest BCUT2D eigenvalue weighted by molar-refractivity contribution is 8.04. The van der Waals surface area contributed by atoms with Crippen molar-refractivity contribution in [3.05, 3.63) is 60.5 Å². The minimum atomic E-state index is -1.29. The Morgan fingerprint density at radius 1 is 1.34 bits per heavy atom. The molecule has 0 spiro atoms. The number of carbonyl (C=O) groups excluding carboxylic acids is 2. The van der Waals surface area contributed by atoms with E-state index in [2.05, 4.69) is 15.5 Å². The monoisotopic (exact) mass is 627 g/mol. The molecular formula is C21H14ClN5O6S5. The number of rotatable bonds is 7. The Kier molecular flexibility index (Phi) is 7.52. The van der Waals surface area contributed by atoms with Crippen LogP contribution in [0.4, 0.5) is 5.13 Å². The van der Waals surface area contributed by atoms with Crippen LogP contribution in [0.5, 0.6) is 0 Å². The summed E-state index contributed by atoms with van der Waals surface area (Å²) in [5, 5.41) is 27.5. The molecule has 2 amide bonds. The maximum atomic E-state index is 12.9. The van der Waals surface area contributed by atoms with Crippen molar-refractivity contribution in [3.8, 4) is 0 Å². The van der Waals surface area contributed by atoms with Crippen molar-refractivity contribution in [1.29, 1.82) is 0 Å². The van der Waals surface area contributed by atoms with Gasteiger partial charge in [0.25, 0.3) is 11.8 Å². The number of amides is 2. The fourth-order valence-corrected chi connectivity index (χ4v) is 8.94. The van der Waals surface area contributed by atoms with Gasteiger partial charge in [0.1, 0.15) is 27.1 Å². The number of nitrogen functional groups attached to an aromatic ring is 1. The number of thiazole rings is 1. The Hall–Kier alpha value is -2.89. The summed E-state index contributed by atoms with van der Waals surface area (Å²) in [5.41, 5.74) is 5.08. The first kappa shape index (κ1) is 26.7. The van der Waals surface area contributed by atoms with Crippen molar-refractivity contribution in [1.82, 2.24) is 15.2 Å². The molecule has 5 rings (SSSR count). The first-order chi connectivity index (χ1) is 18.2. The standard InChI is InChI=1S/C21H14ClN5O6S5/c22-16-11(25-21(23)38-16)12(26-33)17(29)24-13-18(30)27-14(20(31)32)7(6-36-19(13)27)1-3-34-10-5-8(28)15-9(37-10)2-4-35-15/h1-5,13,19,33H,6H2,(H2,23,25)(H,24,29)(H,31,32)/b3-1+,26-12-. The van der Waals surface area contributed by atoms with Gasteiger partial charge in [-0.05, 0) is 28.5 Å². The minimum Gasteiger partial charge on any atom is -0.477 e. The van der Waals surface area contributed by atoms with Gasteiger partial charge in [0.05, 0.1) is 13.6 Å². The van der Waals surface area contributed by atoms with Gasteiger partial charge in [-0.3, -0.25) is 19.3 Å². The molecule has 3 aromatic rings. The summed E-state index contributed by atoms with van der Waals surface area (Å²) in [6.45, 7) is 0. The second-order valence-corrected chi connectivity index (χ2v) is 13.6. The topological polar surface area (TPSA) is 175 Å². The molecule has 11 nitrogen and oxygen atoms in total. The van der Waals surface area contributed by atoms with Crippen LogP contribution in [0.25, 0.3) is 9.40 Å². The molecule has 0 radical (unpaired) electrons. The van der Waals surface area contributed by atoms with E-state index in [9.17, 15) is 29.5 Å². The lowest BCUT2D eigenvalue weighted by Crippen LogP contribution is -2.71. The van der Waals surface area contributed by atoms with Gasteiger partial charge in [-0.25, -0.2) is 9.78 Å². The molecule has 0 bridgehead atoms. The van der Waals surface area contributed by atoms with Crippen LogP contribution in [-0.2, 0) is 14.4 Å². The Labute approximate surface area is 238 Å². The van der Waals surface area contributed by atoms with Crippen molar-refractivity contribution < 1.29 is 24.7 Å². The van der Waals surface area contributed by atoms with Gasteiger partial charge in [-0.15, -0.1) is 34.4 Å². The molecular weight excluding hydrogens is 614 g/mol. The largest absolute Gasteiger partial charge is 0.477 e. The summed E-state index contributed by atoms with van der Waals surface area (Å²) >= 11 is 12.3. The summed E-state index contributed by atoms with van der Waals surface area (Å²) in [5.74, 6) is -2.57. The number of hydrogen-bond donors (Lipinski definition) is 4. The van der Waals surface area contributed by atoms with E-state index in [1.54, 1.807) is 17.6 Å². The predicted molar refractivity (Wildman–Crippen MR) is 151 cm³/mol. The molecule has 1 saturated heterocycles. The predicted octanol–water partition coefficient (Wildman–Crippen LogP) is 3.24. The third-order valence-corrected chi connectivity index (χ3v) is 10.9. The fourth-order valence-electron chi connectivity index (χ4n) is 3.75. The van der Waals surface area contributed by atoms with Gasteiger partial charge in [0.15, 0.2) is 16.3 Å². The van der Waals surface area contributed by atoms with Crippen molar-refractivity contribution in [2.24, 2.45) is 5.16 Å². The zero-order valence-corrected chi connectivity index (χ0v) is 23.5. The van der Waals surface area contributed by atoms with Crippen LogP contribution in [0.3, 0.4) is 0 Å². The number of nitrogens with one attached hydrogen (secondary N) is 1. The van der Waals surface area contributed by atoms with E-state index in [1.807, 2.05) is 11.4 Å². The first-order valence-electron chi connectivity index (χ1n) is 10.4. The molecule has 0 aliphatic carbocycles. The Morgan fingerprint density at radius 2 is 2.13 bits per heavy atom. The number of nitrogens with zero attached hydrogens (tertiary/aromatic N) is 3. The number of thiophene rings is 1. The number of aromatic nitrogens is 1. The molecule has 17 heteroatoms. The van der Waals surface area contributed by atoms with E-state index in [4.69, 9.17) is 17.3 Å². The van der Waals surface area contributed by atoms with Gasteiger partial charge in [0, 0.05) is 11.8 Å². The van der Waals surface area contributed by atoms with Gasteiger partial charge in [-0.2, -0.15) is 0 Å². The SMILES string of the molecule is Nc1nc(/C(=N/O)C(=O)NC2C(=O)N3C(C(=O)O)=C(/C=C/Sc4cc(=O)c5sccc5s4)CSC23)c(Cl)s1. The number of fused-ring (bicyclic) bond motifs is 2. The highest BCUT2D eigenvalue weighted by atomic mass is 35.5. The average Bonchev–Trinajstić information content (AvgIpc) is 3.48. The molecule has 2 aliphatic heterocycles. The van der Waals surface area contributed by atoms with Gasteiger partial charge >= 0.3 is 5.97 Å². The van der Waals surface area contributed by atoms with Crippen molar-refractivity contribution in [2.45, 2.75) is 15.6 Å². The fraction of sp³-hybridized carbons (Fsp3) is 0.143. The van der Waals surface area contributed by atoms with E-state index in [0.717, 1.165) is 25.1 Å². The second-order valence-electron chi connectivity index (χ2n) is 7.63. The van der Waals surface area contributed by atoms with Crippen LogP contribution in [0.2, 0.25) is 4.34 Å². The number of oxime groups is 1. The lowest BCUT2D eigenvalue weighted by molar-refractivity contribution is -0.150. The first-order valence-corrected chi connectivity index (χ1v) is 15.2. The van der Waals surface area contributed by atoms with E-state index in [1.165, 1.54) is 46.2 Å². The number of nitrogens with two attached hydrogens (primary N) is 1. The number of carbonyl (C=O) groups is 3. The van der Waals surface area contributed by atoms with E-state index in [0.29, 0.717) is 10.3 Å². The van der Waals surface area contributed by atoms with Crippen LogP contribution in [-0.4, -0.2) is 60.9 Å². The Bertz CT molecular complexity index is 1640. The van der Waals surface area contributed by atoms with E-state index < -0.39 is 34.9 Å². The molecule has 2 atom stereocenters. The molecule has 38 heavy (non-hydrogen) atoms. The Balaban J connectivity index is 1.32. The number of anilines is 1. The molecule has 5 N–H and O–H groups in total. The summed E-state index contributed by atoms with van der Waals surface area (Å²) in [6, 6.07) is 2.37. The number of carboxylic acid groups (broad SMARTS) is 1. The number of thioether (sulfide) groups is 2. The van der Waals surface area contributed by atoms with Crippen molar-refractivity contribution in [3.63, 3.8) is 0 Å². The third kappa shape index (κ3) is 4.83.